The van der Waals surface area contributed by atoms with Gasteiger partial charge in [0.25, 0.3) is 0 Å². The summed E-state index contributed by atoms with van der Waals surface area (Å²) in [6.07, 6.45) is 0. The fraction of sp³-hybridized carbons (Fsp3) is 0.0625. The van der Waals surface area contributed by atoms with E-state index in [0.29, 0.717) is 23.2 Å². The van der Waals surface area contributed by atoms with Gasteiger partial charge in [-0.3, -0.25) is 4.79 Å². The second-order valence-electron chi connectivity index (χ2n) is 4.40. The normalized spacial score (nSPS) is 9.43. The Hall–Kier alpha value is -3.31. The summed E-state index contributed by atoms with van der Waals surface area (Å²) in [5.41, 5.74) is 7.99. The molecular formula is C16H12N4O. The maximum atomic E-state index is 11.1. The predicted octanol–water partition coefficient (Wildman–Crippen LogP) is 2.14. The smallest absolute Gasteiger partial charge is 0.248 e. The van der Waals surface area contributed by atoms with Gasteiger partial charge in [-0.2, -0.15) is 10.5 Å². The van der Waals surface area contributed by atoms with Crippen LogP contribution in [0.25, 0.3) is 0 Å². The standard InChI is InChI=1S/C16H12N4O/c17-8-13-4-5-15(7-14(13)9-18)20-10-11-2-1-3-12(6-11)16(19)21/h1-7,20H,10H2,(H2,19,21). The number of carbonyl (C=O) groups is 1. The zero-order valence-electron chi connectivity index (χ0n) is 11.1. The van der Waals surface area contributed by atoms with E-state index in [1.807, 2.05) is 18.2 Å². The Morgan fingerprint density at radius 3 is 2.52 bits per heavy atom. The van der Waals surface area contributed by atoms with Gasteiger partial charge in [0, 0.05) is 17.8 Å². The van der Waals surface area contributed by atoms with E-state index in [2.05, 4.69) is 5.32 Å². The highest BCUT2D eigenvalue weighted by Gasteiger charge is 2.04. The van der Waals surface area contributed by atoms with Gasteiger partial charge in [-0.25, -0.2) is 0 Å². The lowest BCUT2D eigenvalue weighted by Gasteiger charge is -2.08. The third-order valence-electron chi connectivity index (χ3n) is 2.97. The average Bonchev–Trinajstić information content (AvgIpc) is 2.52. The molecule has 0 fully saturated rings. The highest BCUT2D eigenvalue weighted by molar-refractivity contribution is 5.92. The molecule has 0 atom stereocenters. The lowest BCUT2D eigenvalue weighted by Crippen LogP contribution is -2.11. The molecular weight excluding hydrogens is 264 g/mol. The van der Waals surface area contributed by atoms with Crippen LogP contribution in [0.2, 0.25) is 0 Å². The molecule has 2 aromatic rings. The Morgan fingerprint density at radius 1 is 1.10 bits per heavy atom. The molecule has 0 aliphatic rings. The van der Waals surface area contributed by atoms with Crippen molar-refractivity contribution < 1.29 is 4.79 Å². The van der Waals surface area contributed by atoms with Gasteiger partial charge in [-0.15, -0.1) is 0 Å². The molecule has 3 N–H and O–H groups in total. The van der Waals surface area contributed by atoms with Gasteiger partial charge in [0.15, 0.2) is 0 Å². The van der Waals surface area contributed by atoms with Crippen molar-refractivity contribution >= 4 is 11.6 Å². The molecule has 0 saturated carbocycles. The minimum Gasteiger partial charge on any atom is -0.381 e. The molecule has 0 aliphatic heterocycles. The van der Waals surface area contributed by atoms with Gasteiger partial charge >= 0.3 is 0 Å². The molecule has 0 spiro atoms. The van der Waals surface area contributed by atoms with Gasteiger partial charge in [-0.1, -0.05) is 12.1 Å². The fourth-order valence-electron chi connectivity index (χ4n) is 1.88. The number of hydrogen-bond donors (Lipinski definition) is 2. The van der Waals surface area contributed by atoms with Crippen molar-refractivity contribution in [2.24, 2.45) is 5.73 Å². The average molecular weight is 276 g/mol. The number of nitrogens with zero attached hydrogens (tertiary/aromatic N) is 2. The zero-order chi connectivity index (χ0) is 15.2. The lowest BCUT2D eigenvalue weighted by atomic mass is 10.1. The molecule has 5 nitrogen and oxygen atoms in total. The highest BCUT2D eigenvalue weighted by Crippen LogP contribution is 2.16. The number of nitriles is 2. The van der Waals surface area contributed by atoms with Crippen LogP contribution >= 0.6 is 0 Å². The number of anilines is 1. The van der Waals surface area contributed by atoms with Crippen LogP contribution in [-0.2, 0) is 6.54 Å². The molecule has 0 radical (unpaired) electrons. The molecule has 0 heterocycles. The minimum absolute atomic E-state index is 0.327. The van der Waals surface area contributed by atoms with E-state index < -0.39 is 5.91 Å². The van der Waals surface area contributed by atoms with Crippen LogP contribution in [0.4, 0.5) is 5.69 Å². The summed E-state index contributed by atoms with van der Waals surface area (Å²) in [6, 6.07) is 15.9. The molecule has 5 heteroatoms. The van der Waals surface area contributed by atoms with Crippen molar-refractivity contribution in [3.05, 3.63) is 64.7 Å². The number of primary amides is 1. The maximum Gasteiger partial charge on any atom is 0.248 e. The van der Waals surface area contributed by atoms with Gasteiger partial charge in [0.05, 0.1) is 11.1 Å². The van der Waals surface area contributed by atoms with E-state index in [1.54, 1.807) is 36.4 Å². The van der Waals surface area contributed by atoms with E-state index >= 15 is 0 Å². The first kappa shape index (κ1) is 14.1. The summed E-state index contributed by atoms with van der Waals surface area (Å²) in [4.78, 5) is 11.1. The van der Waals surface area contributed by atoms with E-state index in [4.69, 9.17) is 16.3 Å². The van der Waals surface area contributed by atoms with E-state index in [1.165, 1.54) is 0 Å². The Morgan fingerprint density at radius 2 is 1.86 bits per heavy atom. The SMILES string of the molecule is N#Cc1ccc(NCc2cccc(C(N)=O)c2)cc1C#N. The van der Waals surface area contributed by atoms with Crippen molar-refractivity contribution in [2.75, 3.05) is 5.32 Å². The Kier molecular flexibility index (Phi) is 4.18. The quantitative estimate of drug-likeness (QED) is 0.892. The maximum absolute atomic E-state index is 11.1. The molecule has 1 amide bonds. The Bertz CT molecular complexity index is 769. The second-order valence-corrected chi connectivity index (χ2v) is 4.40. The molecule has 0 saturated heterocycles. The number of rotatable bonds is 4. The Labute approximate surface area is 122 Å². The number of nitrogens with one attached hydrogen (secondary N) is 1. The molecule has 0 unspecified atom stereocenters. The third-order valence-corrected chi connectivity index (χ3v) is 2.97. The second kappa shape index (κ2) is 6.23. The zero-order valence-corrected chi connectivity index (χ0v) is 11.1. The van der Waals surface area contributed by atoms with Crippen LogP contribution in [0.1, 0.15) is 27.0 Å². The topological polar surface area (TPSA) is 103 Å². The fourth-order valence-corrected chi connectivity index (χ4v) is 1.88. The van der Waals surface area contributed by atoms with Gasteiger partial charge < -0.3 is 11.1 Å². The number of amides is 1. The van der Waals surface area contributed by atoms with Crippen LogP contribution in [-0.4, -0.2) is 5.91 Å². The van der Waals surface area contributed by atoms with Gasteiger partial charge in [0.2, 0.25) is 5.91 Å². The van der Waals surface area contributed by atoms with Crippen molar-refractivity contribution in [3.63, 3.8) is 0 Å². The van der Waals surface area contributed by atoms with Crippen molar-refractivity contribution in [2.45, 2.75) is 6.54 Å². The van der Waals surface area contributed by atoms with Gasteiger partial charge in [0.1, 0.15) is 12.1 Å². The third kappa shape index (κ3) is 3.37. The first-order valence-corrected chi connectivity index (χ1v) is 6.21. The molecule has 21 heavy (non-hydrogen) atoms. The molecule has 0 bridgehead atoms. The largest absolute Gasteiger partial charge is 0.381 e. The summed E-state index contributed by atoms with van der Waals surface area (Å²) in [5.74, 6) is -0.470. The van der Waals surface area contributed by atoms with Crippen LogP contribution in [0, 0.1) is 22.7 Å². The van der Waals surface area contributed by atoms with Crippen LogP contribution in [0.5, 0.6) is 0 Å². The van der Waals surface area contributed by atoms with Crippen molar-refractivity contribution in [3.8, 4) is 12.1 Å². The summed E-state index contributed by atoms with van der Waals surface area (Å²) in [5, 5.41) is 21.0. The first-order valence-electron chi connectivity index (χ1n) is 6.21. The van der Waals surface area contributed by atoms with Crippen LogP contribution in [0.15, 0.2) is 42.5 Å². The van der Waals surface area contributed by atoms with E-state index in [9.17, 15) is 4.79 Å². The minimum atomic E-state index is -0.470. The number of hydrogen-bond acceptors (Lipinski definition) is 4. The summed E-state index contributed by atoms with van der Waals surface area (Å²) in [6.45, 7) is 0.484. The number of carbonyl (C=O) groups excluding carboxylic acids is 1. The Balaban J connectivity index is 2.14. The summed E-state index contributed by atoms with van der Waals surface area (Å²) >= 11 is 0. The number of nitrogens with two attached hydrogens (primary N) is 1. The summed E-state index contributed by atoms with van der Waals surface area (Å²) in [7, 11) is 0. The highest BCUT2D eigenvalue weighted by atomic mass is 16.1. The van der Waals surface area contributed by atoms with Crippen LogP contribution < -0.4 is 11.1 Å². The first-order chi connectivity index (χ1) is 10.1. The molecule has 2 rings (SSSR count). The van der Waals surface area contributed by atoms with E-state index in [0.717, 1.165) is 11.3 Å². The number of benzene rings is 2. The lowest BCUT2D eigenvalue weighted by molar-refractivity contribution is 0.1000. The van der Waals surface area contributed by atoms with Crippen molar-refractivity contribution in [1.82, 2.24) is 0 Å². The monoisotopic (exact) mass is 276 g/mol. The molecule has 2 aromatic carbocycles. The molecule has 102 valence electrons. The van der Waals surface area contributed by atoms with Crippen LogP contribution in [0.3, 0.4) is 0 Å². The van der Waals surface area contributed by atoms with E-state index in [-0.39, 0.29) is 0 Å². The predicted molar refractivity (Wildman–Crippen MR) is 78.2 cm³/mol. The molecule has 0 aromatic heterocycles. The van der Waals surface area contributed by atoms with Crippen molar-refractivity contribution in [1.29, 1.82) is 10.5 Å². The summed E-state index contributed by atoms with van der Waals surface area (Å²) < 4.78 is 0. The van der Waals surface area contributed by atoms with Gasteiger partial charge in [-0.05, 0) is 35.9 Å². The molecule has 0 aliphatic carbocycles.